The Kier molecular flexibility index (Phi) is 4.70. The monoisotopic (exact) mass is 338 g/mol. The standard InChI is InChI=1S/C15H16BrFN2O/c1-3-12(4-2)19-8-11(9-20)15(18-19)10-5-6-13(16)14(17)7-10/h5-9,12H,3-4H2,1-2H3. The summed E-state index contributed by atoms with van der Waals surface area (Å²) in [7, 11) is 0. The molecule has 3 nitrogen and oxygen atoms in total. The van der Waals surface area contributed by atoms with Gasteiger partial charge < -0.3 is 0 Å². The van der Waals surface area contributed by atoms with E-state index in [0.29, 0.717) is 21.3 Å². The maximum atomic E-state index is 13.6. The fourth-order valence-corrected chi connectivity index (χ4v) is 2.46. The number of hydrogen-bond acceptors (Lipinski definition) is 2. The van der Waals surface area contributed by atoms with Gasteiger partial charge in [-0.1, -0.05) is 19.9 Å². The van der Waals surface area contributed by atoms with Crippen LogP contribution in [0.25, 0.3) is 11.3 Å². The highest BCUT2D eigenvalue weighted by Gasteiger charge is 2.15. The van der Waals surface area contributed by atoms with Crippen molar-refractivity contribution in [1.29, 1.82) is 0 Å². The van der Waals surface area contributed by atoms with Crippen molar-refractivity contribution in [2.24, 2.45) is 0 Å². The van der Waals surface area contributed by atoms with Crippen LogP contribution in [0.5, 0.6) is 0 Å². The molecule has 0 atom stereocenters. The first-order valence-corrected chi connectivity index (χ1v) is 7.39. The van der Waals surface area contributed by atoms with Crippen LogP contribution in [0.2, 0.25) is 0 Å². The molecule has 20 heavy (non-hydrogen) atoms. The number of nitrogens with zero attached hydrogens (tertiary/aromatic N) is 2. The van der Waals surface area contributed by atoms with Crippen molar-refractivity contribution >= 4 is 22.2 Å². The van der Waals surface area contributed by atoms with E-state index in [1.54, 1.807) is 23.0 Å². The van der Waals surface area contributed by atoms with Gasteiger partial charge in [0.15, 0.2) is 6.29 Å². The third-order valence-electron chi connectivity index (χ3n) is 3.40. The molecular formula is C15H16BrFN2O. The van der Waals surface area contributed by atoms with Crippen LogP contribution in [0.3, 0.4) is 0 Å². The fraction of sp³-hybridized carbons (Fsp3) is 0.333. The lowest BCUT2D eigenvalue weighted by Crippen LogP contribution is -2.07. The summed E-state index contributed by atoms with van der Waals surface area (Å²) in [4.78, 5) is 11.2. The van der Waals surface area contributed by atoms with Gasteiger partial charge in [0, 0.05) is 11.8 Å². The smallest absolute Gasteiger partial charge is 0.153 e. The molecule has 0 unspecified atom stereocenters. The molecule has 0 saturated heterocycles. The van der Waals surface area contributed by atoms with E-state index < -0.39 is 0 Å². The van der Waals surface area contributed by atoms with Gasteiger partial charge in [-0.3, -0.25) is 9.48 Å². The maximum absolute atomic E-state index is 13.6. The Hall–Kier alpha value is -1.49. The molecule has 0 N–H and O–H groups in total. The van der Waals surface area contributed by atoms with Crippen LogP contribution in [-0.4, -0.2) is 16.1 Å². The van der Waals surface area contributed by atoms with Crippen LogP contribution >= 0.6 is 15.9 Å². The van der Waals surface area contributed by atoms with Gasteiger partial charge in [0.1, 0.15) is 11.5 Å². The first kappa shape index (κ1) is 14.9. The van der Waals surface area contributed by atoms with Crippen LogP contribution < -0.4 is 0 Å². The molecule has 1 heterocycles. The molecule has 0 aliphatic carbocycles. The first-order chi connectivity index (χ1) is 9.60. The zero-order valence-corrected chi connectivity index (χ0v) is 13.0. The van der Waals surface area contributed by atoms with Crippen LogP contribution in [0.4, 0.5) is 4.39 Å². The van der Waals surface area contributed by atoms with Gasteiger partial charge in [-0.05, 0) is 40.9 Å². The summed E-state index contributed by atoms with van der Waals surface area (Å²) in [6.45, 7) is 4.16. The van der Waals surface area contributed by atoms with Crippen molar-refractivity contribution in [3.63, 3.8) is 0 Å². The molecule has 0 aliphatic rings. The lowest BCUT2D eigenvalue weighted by atomic mass is 10.1. The summed E-state index contributed by atoms with van der Waals surface area (Å²) < 4.78 is 15.8. The van der Waals surface area contributed by atoms with Crippen LogP contribution in [0.15, 0.2) is 28.9 Å². The summed E-state index contributed by atoms with van der Waals surface area (Å²) in [6.07, 6.45) is 4.37. The summed E-state index contributed by atoms with van der Waals surface area (Å²) in [5, 5.41) is 4.47. The summed E-state index contributed by atoms with van der Waals surface area (Å²) in [6, 6.07) is 5.01. The predicted octanol–water partition coefficient (Wildman–Crippen LogP) is 4.63. The first-order valence-electron chi connectivity index (χ1n) is 6.60. The van der Waals surface area contributed by atoms with Gasteiger partial charge >= 0.3 is 0 Å². The molecule has 0 bridgehead atoms. The maximum Gasteiger partial charge on any atom is 0.153 e. The van der Waals surface area contributed by atoms with Gasteiger partial charge in [0.25, 0.3) is 0 Å². The Labute approximate surface area is 125 Å². The molecule has 0 aliphatic heterocycles. The molecule has 0 amide bonds. The molecule has 1 aromatic carbocycles. The van der Waals surface area contributed by atoms with E-state index in [0.717, 1.165) is 19.1 Å². The van der Waals surface area contributed by atoms with E-state index in [1.165, 1.54) is 6.07 Å². The van der Waals surface area contributed by atoms with Gasteiger partial charge in [-0.25, -0.2) is 4.39 Å². The van der Waals surface area contributed by atoms with Crippen LogP contribution in [0, 0.1) is 5.82 Å². The van der Waals surface area contributed by atoms with Crippen molar-refractivity contribution in [2.45, 2.75) is 32.7 Å². The van der Waals surface area contributed by atoms with Crippen molar-refractivity contribution in [2.75, 3.05) is 0 Å². The Morgan fingerprint density at radius 1 is 1.40 bits per heavy atom. The molecule has 2 rings (SSSR count). The summed E-state index contributed by atoms with van der Waals surface area (Å²) in [5.74, 6) is -0.364. The molecule has 0 fully saturated rings. The largest absolute Gasteiger partial charge is 0.298 e. The summed E-state index contributed by atoms with van der Waals surface area (Å²) in [5.41, 5.74) is 1.62. The second kappa shape index (κ2) is 6.31. The number of carbonyl (C=O) groups excluding carboxylic acids is 1. The van der Waals surface area contributed by atoms with Gasteiger partial charge in [-0.2, -0.15) is 5.10 Å². The average molecular weight is 339 g/mol. The van der Waals surface area contributed by atoms with E-state index in [9.17, 15) is 9.18 Å². The van der Waals surface area contributed by atoms with Crippen LogP contribution in [0.1, 0.15) is 43.1 Å². The highest BCUT2D eigenvalue weighted by atomic mass is 79.9. The van der Waals surface area contributed by atoms with Gasteiger partial charge in [-0.15, -0.1) is 0 Å². The zero-order chi connectivity index (χ0) is 14.7. The molecule has 0 spiro atoms. The number of aldehydes is 1. The van der Waals surface area contributed by atoms with Crippen LogP contribution in [-0.2, 0) is 0 Å². The SMILES string of the molecule is CCC(CC)n1cc(C=O)c(-c2ccc(Br)c(F)c2)n1. The van der Waals surface area contributed by atoms with Gasteiger partial charge in [0.2, 0.25) is 0 Å². The second-order valence-electron chi connectivity index (χ2n) is 4.63. The number of aromatic nitrogens is 2. The minimum absolute atomic E-state index is 0.253. The van der Waals surface area contributed by atoms with Crippen molar-refractivity contribution in [1.82, 2.24) is 9.78 Å². The number of carbonyl (C=O) groups is 1. The van der Waals surface area contributed by atoms with Crippen molar-refractivity contribution < 1.29 is 9.18 Å². The number of hydrogen-bond donors (Lipinski definition) is 0. The predicted molar refractivity (Wildman–Crippen MR) is 80.3 cm³/mol. The minimum Gasteiger partial charge on any atom is -0.298 e. The molecular weight excluding hydrogens is 323 g/mol. The molecule has 106 valence electrons. The van der Waals surface area contributed by atoms with E-state index >= 15 is 0 Å². The second-order valence-corrected chi connectivity index (χ2v) is 5.48. The van der Waals surface area contributed by atoms with E-state index in [1.807, 2.05) is 0 Å². The topological polar surface area (TPSA) is 34.9 Å². The lowest BCUT2D eigenvalue weighted by Gasteiger charge is -2.12. The highest BCUT2D eigenvalue weighted by Crippen LogP contribution is 2.27. The lowest BCUT2D eigenvalue weighted by molar-refractivity contribution is 0.112. The van der Waals surface area contributed by atoms with E-state index in [2.05, 4.69) is 34.9 Å². The minimum atomic E-state index is -0.364. The number of rotatable bonds is 5. The quantitative estimate of drug-likeness (QED) is 0.745. The number of halogens is 2. The Morgan fingerprint density at radius 3 is 2.65 bits per heavy atom. The number of benzene rings is 1. The molecule has 5 heteroatoms. The molecule has 2 aromatic rings. The van der Waals surface area contributed by atoms with E-state index in [-0.39, 0.29) is 11.9 Å². The normalized spacial score (nSPS) is 11.1. The van der Waals surface area contributed by atoms with Crippen molar-refractivity contribution in [3.8, 4) is 11.3 Å². The molecule has 0 radical (unpaired) electrons. The van der Waals surface area contributed by atoms with Crippen molar-refractivity contribution in [3.05, 3.63) is 40.2 Å². The summed E-state index contributed by atoms with van der Waals surface area (Å²) >= 11 is 3.12. The Morgan fingerprint density at radius 2 is 2.10 bits per heavy atom. The highest BCUT2D eigenvalue weighted by molar-refractivity contribution is 9.10. The fourth-order valence-electron chi connectivity index (χ4n) is 2.21. The van der Waals surface area contributed by atoms with E-state index in [4.69, 9.17) is 0 Å². The Balaban J connectivity index is 2.49. The van der Waals surface area contributed by atoms with Gasteiger partial charge in [0.05, 0.1) is 16.1 Å². The molecule has 0 saturated carbocycles. The zero-order valence-electron chi connectivity index (χ0n) is 11.4. The average Bonchev–Trinajstić information content (AvgIpc) is 2.87. The molecule has 1 aromatic heterocycles. The third kappa shape index (κ3) is 2.82. The third-order valence-corrected chi connectivity index (χ3v) is 4.04. The Bertz CT molecular complexity index is 620.